The van der Waals surface area contributed by atoms with Crippen LogP contribution in [-0.4, -0.2) is 19.7 Å². The van der Waals surface area contributed by atoms with E-state index in [1.807, 2.05) is 30.3 Å². The SMILES string of the molecule is COc1cc(N)c(Cl)cc1C(=O)OCCc1ccccc1. The summed E-state index contributed by atoms with van der Waals surface area (Å²) < 4.78 is 10.4. The number of nitrogens with two attached hydrogens (primary N) is 1. The minimum atomic E-state index is -0.482. The van der Waals surface area contributed by atoms with E-state index >= 15 is 0 Å². The molecule has 0 radical (unpaired) electrons. The van der Waals surface area contributed by atoms with Crippen LogP contribution in [0.1, 0.15) is 15.9 Å². The molecule has 0 aliphatic rings. The van der Waals surface area contributed by atoms with Crippen molar-refractivity contribution >= 4 is 23.3 Å². The summed E-state index contributed by atoms with van der Waals surface area (Å²) in [6.07, 6.45) is 0.650. The largest absolute Gasteiger partial charge is 0.496 e. The lowest BCUT2D eigenvalue weighted by Gasteiger charge is -2.10. The zero-order chi connectivity index (χ0) is 15.2. The Morgan fingerprint density at radius 1 is 1.24 bits per heavy atom. The maximum atomic E-state index is 12.1. The Balaban J connectivity index is 2.02. The van der Waals surface area contributed by atoms with Crippen molar-refractivity contribution in [3.63, 3.8) is 0 Å². The lowest BCUT2D eigenvalue weighted by atomic mass is 10.1. The molecule has 0 heterocycles. The number of anilines is 1. The molecule has 0 aliphatic heterocycles. The summed E-state index contributed by atoms with van der Waals surface area (Å²) in [7, 11) is 1.46. The first-order chi connectivity index (χ1) is 10.1. The second kappa shape index (κ2) is 6.99. The zero-order valence-corrected chi connectivity index (χ0v) is 12.4. The standard InChI is InChI=1S/C16H16ClNO3/c1-20-15-10-14(18)13(17)9-12(15)16(19)21-8-7-11-5-3-2-4-6-11/h2-6,9-10H,7-8,18H2,1H3. The van der Waals surface area contributed by atoms with E-state index in [1.165, 1.54) is 19.2 Å². The van der Waals surface area contributed by atoms with Crippen molar-refractivity contribution in [2.75, 3.05) is 19.5 Å². The van der Waals surface area contributed by atoms with Crippen LogP contribution in [0.15, 0.2) is 42.5 Å². The van der Waals surface area contributed by atoms with Crippen LogP contribution in [0, 0.1) is 0 Å². The van der Waals surface area contributed by atoms with Crippen molar-refractivity contribution in [3.05, 3.63) is 58.6 Å². The molecule has 0 aliphatic carbocycles. The van der Waals surface area contributed by atoms with E-state index in [9.17, 15) is 4.79 Å². The molecule has 21 heavy (non-hydrogen) atoms. The van der Waals surface area contributed by atoms with Gasteiger partial charge >= 0.3 is 5.97 Å². The van der Waals surface area contributed by atoms with E-state index in [1.54, 1.807) is 0 Å². The molecule has 0 amide bonds. The molecule has 0 saturated carbocycles. The molecule has 0 bridgehead atoms. The van der Waals surface area contributed by atoms with E-state index in [0.717, 1.165) is 5.56 Å². The third-order valence-electron chi connectivity index (χ3n) is 3.01. The number of esters is 1. The Morgan fingerprint density at radius 3 is 2.62 bits per heavy atom. The highest BCUT2D eigenvalue weighted by Gasteiger charge is 2.16. The molecule has 2 N–H and O–H groups in total. The van der Waals surface area contributed by atoms with E-state index in [0.29, 0.717) is 22.9 Å². The fourth-order valence-corrected chi connectivity index (χ4v) is 2.05. The molecular weight excluding hydrogens is 290 g/mol. The molecule has 4 nitrogen and oxygen atoms in total. The van der Waals surface area contributed by atoms with Crippen LogP contribution < -0.4 is 10.5 Å². The summed E-state index contributed by atoms with van der Waals surface area (Å²) in [5.41, 5.74) is 7.41. The highest BCUT2D eigenvalue weighted by molar-refractivity contribution is 6.33. The van der Waals surface area contributed by atoms with Gasteiger partial charge in [0, 0.05) is 12.5 Å². The Morgan fingerprint density at radius 2 is 1.95 bits per heavy atom. The van der Waals surface area contributed by atoms with Crippen molar-refractivity contribution in [1.29, 1.82) is 0 Å². The molecule has 0 fully saturated rings. The average molecular weight is 306 g/mol. The Hall–Kier alpha value is -2.20. The van der Waals surface area contributed by atoms with Crippen LogP contribution in [0.3, 0.4) is 0 Å². The van der Waals surface area contributed by atoms with Gasteiger partial charge in [-0.05, 0) is 11.6 Å². The highest BCUT2D eigenvalue weighted by Crippen LogP contribution is 2.29. The van der Waals surface area contributed by atoms with Crippen LogP contribution in [0.25, 0.3) is 0 Å². The number of hydrogen-bond acceptors (Lipinski definition) is 4. The van der Waals surface area contributed by atoms with Gasteiger partial charge in [-0.25, -0.2) is 4.79 Å². The van der Waals surface area contributed by atoms with Crippen LogP contribution >= 0.6 is 11.6 Å². The number of hydrogen-bond donors (Lipinski definition) is 1. The Kier molecular flexibility index (Phi) is 5.06. The lowest BCUT2D eigenvalue weighted by Crippen LogP contribution is -2.10. The van der Waals surface area contributed by atoms with Gasteiger partial charge in [-0.3, -0.25) is 0 Å². The molecule has 2 aromatic carbocycles. The van der Waals surface area contributed by atoms with E-state index in [2.05, 4.69) is 0 Å². The highest BCUT2D eigenvalue weighted by atomic mass is 35.5. The van der Waals surface area contributed by atoms with Gasteiger partial charge in [0.05, 0.1) is 24.4 Å². The van der Waals surface area contributed by atoms with Gasteiger partial charge < -0.3 is 15.2 Å². The number of ether oxygens (including phenoxy) is 2. The predicted molar refractivity (Wildman–Crippen MR) is 82.8 cm³/mol. The summed E-state index contributed by atoms with van der Waals surface area (Å²) in [4.78, 5) is 12.1. The van der Waals surface area contributed by atoms with Crippen molar-refractivity contribution in [3.8, 4) is 5.75 Å². The Bertz CT molecular complexity index is 629. The summed E-state index contributed by atoms with van der Waals surface area (Å²) in [5, 5.41) is 0.297. The van der Waals surface area contributed by atoms with E-state index in [-0.39, 0.29) is 12.2 Å². The van der Waals surface area contributed by atoms with Gasteiger partial charge in [-0.15, -0.1) is 0 Å². The first kappa shape index (κ1) is 15.2. The fraction of sp³-hybridized carbons (Fsp3) is 0.188. The molecule has 0 saturated heterocycles. The first-order valence-corrected chi connectivity index (χ1v) is 6.83. The van der Waals surface area contributed by atoms with Crippen LogP contribution in [0.4, 0.5) is 5.69 Å². The normalized spacial score (nSPS) is 10.2. The molecule has 0 unspecified atom stereocenters. The van der Waals surface area contributed by atoms with E-state index in [4.69, 9.17) is 26.8 Å². The van der Waals surface area contributed by atoms with Gasteiger partial charge in [-0.1, -0.05) is 41.9 Å². The summed E-state index contributed by atoms with van der Waals surface area (Å²) in [6, 6.07) is 12.8. The molecule has 0 atom stereocenters. The average Bonchev–Trinajstić information content (AvgIpc) is 2.50. The Labute approximate surface area is 128 Å². The quantitative estimate of drug-likeness (QED) is 0.680. The monoisotopic (exact) mass is 305 g/mol. The van der Waals surface area contributed by atoms with Crippen molar-refractivity contribution in [2.24, 2.45) is 0 Å². The maximum absolute atomic E-state index is 12.1. The van der Waals surface area contributed by atoms with Gasteiger partial charge in [-0.2, -0.15) is 0 Å². The number of nitrogen functional groups attached to an aromatic ring is 1. The molecule has 110 valence electrons. The summed E-state index contributed by atoms with van der Waals surface area (Å²) in [5.74, 6) is -0.133. The van der Waals surface area contributed by atoms with Crippen LogP contribution in [0.5, 0.6) is 5.75 Å². The number of halogens is 1. The van der Waals surface area contributed by atoms with Crippen molar-refractivity contribution in [1.82, 2.24) is 0 Å². The molecular formula is C16H16ClNO3. The number of carbonyl (C=O) groups is 1. The van der Waals surface area contributed by atoms with Crippen LogP contribution in [-0.2, 0) is 11.2 Å². The summed E-state index contributed by atoms with van der Waals surface area (Å²) >= 11 is 5.93. The maximum Gasteiger partial charge on any atom is 0.341 e. The van der Waals surface area contributed by atoms with Crippen molar-refractivity contribution in [2.45, 2.75) is 6.42 Å². The number of carbonyl (C=O) groups excluding carboxylic acids is 1. The number of rotatable bonds is 5. The zero-order valence-electron chi connectivity index (χ0n) is 11.6. The van der Waals surface area contributed by atoms with Gasteiger partial charge in [0.25, 0.3) is 0 Å². The second-order valence-corrected chi connectivity index (χ2v) is 4.85. The molecule has 2 rings (SSSR count). The first-order valence-electron chi connectivity index (χ1n) is 6.46. The molecule has 2 aromatic rings. The molecule has 0 spiro atoms. The molecule has 5 heteroatoms. The summed E-state index contributed by atoms with van der Waals surface area (Å²) in [6.45, 7) is 0.286. The van der Waals surface area contributed by atoms with Crippen molar-refractivity contribution < 1.29 is 14.3 Å². The third kappa shape index (κ3) is 3.89. The van der Waals surface area contributed by atoms with Crippen LogP contribution in [0.2, 0.25) is 5.02 Å². The van der Waals surface area contributed by atoms with Gasteiger partial charge in [0.15, 0.2) is 0 Å². The van der Waals surface area contributed by atoms with Gasteiger partial charge in [0.2, 0.25) is 0 Å². The molecule has 0 aromatic heterocycles. The lowest BCUT2D eigenvalue weighted by molar-refractivity contribution is 0.0505. The second-order valence-electron chi connectivity index (χ2n) is 4.45. The number of methoxy groups -OCH3 is 1. The third-order valence-corrected chi connectivity index (χ3v) is 3.33. The smallest absolute Gasteiger partial charge is 0.341 e. The van der Waals surface area contributed by atoms with E-state index < -0.39 is 5.97 Å². The van der Waals surface area contributed by atoms with Gasteiger partial charge in [0.1, 0.15) is 11.3 Å². The topological polar surface area (TPSA) is 61.5 Å². The minimum absolute atomic E-state index is 0.268. The number of benzene rings is 2. The fourth-order valence-electron chi connectivity index (χ4n) is 1.88. The predicted octanol–water partition coefficient (Wildman–Crippen LogP) is 3.33. The minimum Gasteiger partial charge on any atom is -0.496 e.